The van der Waals surface area contributed by atoms with Crippen LogP contribution in [0.4, 0.5) is 4.79 Å². The molecule has 14 heavy (non-hydrogen) atoms. The number of hydrogen-bond acceptors (Lipinski definition) is 3. The first-order valence-corrected chi connectivity index (χ1v) is 4.76. The number of benzene rings is 1. The maximum absolute atomic E-state index is 10.5. The second kappa shape index (κ2) is 4.97. The average molecular weight is 260 g/mol. The summed E-state index contributed by atoms with van der Waals surface area (Å²) < 4.78 is 5.49. The predicted octanol–water partition coefficient (Wildman–Crippen LogP) is 1.58. The van der Waals surface area contributed by atoms with Crippen LogP contribution in [0, 0.1) is 0 Å². The van der Waals surface area contributed by atoms with Crippen LogP contribution in [0.25, 0.3) is 0 Å². The molecule has 1 aromatic rings. The number of ether oxygens (including phenoxy) is 1. The summed E-state index contributed by atoms with van der Waals surface area (Å²) in [5, 5.41) is 9.00. The lowest BCUT2D eigenvalue weighted by Crippen LogP contribution is -2.19. The Labute approximate surface area is 89.8 Å². The van der Waals surface area contributed by atoms with Crippen LogP contribution in [-0.4, -0.2) is 17.8 Å². The van der Waals surface area contributed by atoms with Gasteiger partial charge in [-0.2, -0.15) is 0 Å². The lowest BCUT2D eigenvalue weighted by molar-refractivity contribution is 0.0629. The minimum Gasteiger partial charge on any atom is -0.439 e. The van der Waals surface area contributed by atoms with Gasteiger partial charge in [0.05, 0.1) is 6.61 Å². The Balaban J connectivity index is 2.89. The molecule has 3 N–H and O–H groups in total. The van der Waals surface area contributed by atoms with Gasteiger partial charge in [-0.05, 0) is 6.07 Å². The number of carbonyl (C=O) groups excluding carboxylic acids is 1. The highest BCUT2D eigenvalue weighted by Gasteiger charge is 2.16. The number of rotatable bonds is 3. The number of aliphatic hydroxyl groups is 1. The number of aliphatic hydroxyl groups excluding tert-OH is 1. The van der Waals surface area contributed by atoms with E-state index in [1.807, 2.05) is 6.07 Å². The van der Waals surface area contributed by atoms with Crippen molar-refractivity contribution >= 4 is 22.0 Å². The zero-order chi connectivity index (χ0) is 10.6. The van der Waals surface area contributed by atoms with Gasteiger partial charge in [-0.1, -0.05) is 34.1 Å². The van der Waals surface area contributed by atoms with Gasteiger partial charge in [0.25, 0.3) is 0 Å². The molecule has 0 aliphatic carbocycles. The second-order valence-electron chi connectivity index (χ2n) is 2.63. The molecule has 1 atom stereocenters. The van der Waals surface area contributed by atoms with E-state index in [4.69, 9.17) is 15.6 Å². The van der Waals surface area contributed by atoms with Crippen LogP contribution < -0.4 is 5.73 Å². The number of hydrogen-bond donors (Lipinski definition) is 2. The molecule has 0 bridgehead atoms. The summed E-state index contributed by atoms with van der Waals surface area (Å²) in [7, 11) is 0. The van der Waals surface area contributed by atoms with E-state index in [0.29, 0.717) is 5.56 Å². The summed E-state index contributed by atoms with van der Waals surface area (Å²) in [6.45, 7) is -0.300. The Morgan fingerprint density at radius 1 is 1.57 bits per heavy atom. The quantitative estimate of drug-likeness (QED) is 0.866. The molecule has 4 nitrogen and oxygen atoms in total. The molecule has 1 amide bonds. The molecule has 1 rings (SSSR count). The summed E-state index contributed by atoms with van der Waals surface area (Å²) in [6.07, 6.45) is -1.62. The molecule has 1 unspecified atom stereocenters. The fraction of sp³-hybridized carbons (Fsp3) is 0.222. The van der Waals surface area contributed by atoms with E-state index in [2.05, 4.69) is 15.9 Å². The van der Waals surface area contributed by atoms with Crippen molar-refractivity contribution in [2.45, 2.75) is 6.10 Å². The minimum atomic E-state index is -0.903. The van der Waals surface area contributed by atoms with Gasteiger partial charge in [-0.3, -0.25) is 0 Å². The maximum Gasteiger partial charge on any atom is 0.405 e. The zero-order valence-corrected chi connectivity index (χ0v) is 8.90. The van der Waals surface area contributed by atoms with E-state index in [-0.39, 0.29) is 6.61 Å². The molecule has 0 saturated carbocycles. The molecule has 76 valence electrons. The summed E-state index contributed by atoms with van der Waals surface area (Å²) >= 11 is 3.28. The summed E-state index contributed by atoms with van der Waals surface area (Å²) in [5.74, 6) is 0. The summed E-state index contributed by atoms with van der Waals surface area (Å²) in [5.41, 5.74) is 5.56. The second-order valence-corrected chi connectivity index (χ2v) is 3.48. The first-order chi connectivity index (χ1) is 6.65. The van der Waals surface area contributed by atoms with Gasteiger partial charge in [0.2, 0.25) is 0 Å². The number of carbonyl (C=O) groups is 1. The SMILES string of the molecule is NC(=O)OC(CO)c1ccccc1Br. The number of halogens is 1. The van der Waals surface area contributed by atoms with Crippen LogP contribution in [0.2, 0.25) is 0 Å². The summed E-state index contributed by atoms with van der Waals surface area (Å²) in [4.78, 5) is 10.5. The largest absolute Gasteiger partial charge is 0.439 e. The van der Waals surface area contributed by atoms with Gasteiger partial charge in [0, 0.05) is 10.0 Å². The lowest BCUT2D eigenvalue weighted by Gasteiger charge is -2.15. The van der Waals surface area contributed by atoms with Crippen molar-refractivity contribution in [3.05, 3.63) is 34.3 Å². The highest BCUT2D eigenvalue weighted by molar-refractivity contribution is 9.10. The van der Waals surface area contributed by atoms with E-state index >= 15 is 0 Å². The lowest BCUT2D eigenvalue weighted by atomic mass is 10.1. The van der Waals surface area contributed by atoms with E-state index in [0.717, 1.165) is 4.47 Å². The van der Waals surface area contributed by atoms with Crippen LogP contribution in [0.5, 0.6) is 0 Å². The molecule has 0 aliphatic heterocycles. The van der Waals surface area contributed by atoms with Crippen LogP contribution in [0.3, 0.4) is 0 Å². The Morgan fingerprint density at radius 3 is 2.71 bits per heavy atom. The van der Waals surface area contributed by atoms with Gasteiger partial charge in [-0.25, -0.2) is 4.79 Å². The van der Waals surface area contributed by atoms with Gasteiger partial charge < -0.3 is 15.6 Å². The normalized spacial score (nSPS) is 12.1. The van der Waals surface area contributed by atoms with E-state index in [1.165, 1.54) is 0 Å². The first-order valence-electron chi connectivity index (χ1n) is 3.96. The van der Waals surface area contributed by atoms with Crippen LogP contribution in [0.15, 0.2) is 28.7 Å². The molecular weight excluding hydrogens is 250 g/mol. The van der Waals surface area contributed by atoms with Crippen LogP contribution in [0.1, 0.15) is 11.7 Å². The van der Waals surface area contributed by atoms with Gasteiger partial charge >= 0.3 is 6.09 Å². The fourth-order valence-corrected chi connectivity index (χ4v) is 1.62. The topological polar surface area (TPSA) is 72.6 Å². The van der Waals surface area contributed by atoms with Crippen molar-refractivity contribution in [1.29, 1.82) is 0 Å². The van der Waals surface area contributed by atoms with Crippen molar-refractivity contribution in [2.24, 2.45) is 5.73 Å². The van der Waals surface area contributed by atoms with Crippen molar-refractivity contribution < 1.29 is 14.6 Å². The predicted molar refractivity (Wildman–Crippen MR) is 54.6 cm³/mol. The monoisotopic (exact) mass is 259 g/mol. The molecule has 0 aromatic heterocycles. The van der Waals surface area contributed by atoms with E-state index in [1.54, 1.807) is 18.2 Å². The van der Waals surface area contributed by atoms with Gasteiger partial charge in [0.15, 0.2) is 6.10 Å². The van der Waals surface area contributed by atoms with E-state index in [9.17, 15) is 4.79 Å². The molecule has 0 aliphatic rings. The molecule has 0 spiro atoms. The molecule has 1 aromatic carbocycles. The standard InChI is InChI=1S/C9H10BrNO3/c10-7-4-2-1-3-6(7)8(5-12)14-9(11)13/h1-4,8,12H,5H2,(H2,11,13). The smallest absolute Gasteiger partial charge is 0.405 e. The fourth-order valence-electron chi connectivity index (χ4n) is 1.08. The minimum absolute atomic E-state index is 0.300. The molecule has 0 fully saturated rings. The van der Waals surface area contributed by atoms with Crippen molar-refractivity contribution in [1.82, 2.24) is 0 Å². The van der Waals surface area contributed by atoms with Crippen molar-refractivity contribution in [2.75, 3.05) is 6.61 Å². The highest BCUT2D eigenvalue weighted by atomic mass is 79.9. The van der Waals surface area contributed by atoms with Gasteiger partial charge in [-0.15, -0.1) is 0 Å². The highest BCUT2D eigenvalue weighted by Crippen LogP contribution is 2.25. The molecular formula is C9H10BrNO3. The van der Waals surface area contributed by atoms with Crippen molar-refractivity contribution in [3.8, 4) is 0 Å². The Hall–Kier alpha value is -1.07. The first kappa shape index (κ1) is 11.0. The Morgan fingerprint density at radius 2 is 2.21 bits per heavy atom. The zero-order valence-electron chi connectivity index (χ0n) is 7.31. The molecule has 0 radical (unpaired) electrons. The Bertz CT molecular complexity index is 330. The number of amides is 1. The van der Waals surface area contributed by atoms with Crippen LogP contribution in [-0.2, 0) is 4.74 Å². The third kappa shape index (κ3) is 2.71. The third-order valence-electron chi connectivity index (χ3n) is 1.68. The molecule has 0 saturated heterocycles. The van der Waals surface area contributed by atoms with Crippen LogP contribution >= 0.6 is 15.9 Å². The maximum atomic E-state index is 10.5. The van der Waals surface area contributed by atoms with Gasteiger partial charge in [0.1, 0.15) is 0 Å². The average Bonchev–Trinajstić information content (AvgIpc) is 2.15. The summed E-state index contributed by atoms with van der Waals surface area (Å²) in [6, 6.07) is 7.15. The third-order valence-corrected chi connectivity index (χ3v) is 2.40. The Kier molecular flexibility index (Phi) is 3.91. The van der Waals surface area contributed by atoms with Crippen molar-refractivity contribution in [3.63, 3.8) is 0 Å². The van der Waals surface area contributed by atoms with E-state index < -0.39 is 12.2 Å². The number of nitrogens with two attached hydrogens (primary N) is 1. The molecule has 0 heterocycles. The molecule has 5 heteroatoms. The number of primary amides is 1.